The molecule has 0 N–H and O–H groups in total. The number of hydrogen-bond donors (Lipinski definition) is 0. The van der Waals surface area contributed by atoms with Gasteiger partial charge in [-0.25, -0.2) is 0 Å². The summed E-state index contributed by atoms with van der Waals surface area (Å²) in [5.74, 6) is 1.78. The molecule has 1 aliphatic heterocycles. The van der Waals surface area contributed by atoms with Crippen molar-refractivity contribution in [1.82, 2.24) is 0 Å². The molecule has 706 valence electrons. The molecule has 0 spiro atoms. The Morgan fingerprint density at radius 1 is 0.169 bits per heavy atom. The number of ether oxygens (including phenoxy) is 1. The lowest BCUT2D eigenvalue weighted by molar-refractivity contribution is 0.488. The summed E-state index contributed by atoms with van der Waals surface area (Å²) in [6, 6.07) is 179. The van der Waals surface area contributed by atoms with Crippen LogP contribution in [-0.2, 0) is 10.8 Å². The topological polar surface area (TPSA) is 28.7 Å². The molecule has 23 rings (SSSR count). The maximum Gasteiger partial charge on any atom is 0.135 e. The molecule has 7 heteroatoms. The third-order valence-corrected chi connectivity index (χ3v) is 26.8. The summed E-state index contributed by atoms with van der Waals surface area (Å²) in [6.07, 6.45) is 0. The standard InChI is InChI=1S/C34H27NO.C34H29N.C19H17N.C17H15N.2C13H13N.2C2H6.CH4/c1-34(2)30-13-7-4-10-25(30)26-19-17-23(21-31(26)34)35(3)22-16-18-24-27-11-5-8-14-32(27)36-33-15-9-6-12-28(33)29(24)20-22;1-34(2)31-15-9-7-14-29(31)30-22-21-27(23-32(30)34)35(3)33-16-10-8-13-28(33)26-19-17-25(18-20-26)24-11-5-4-6-12-24;1-20(17-12-6-3-7-13-17)19-15-9-8-14-18(19)16-10-4-2-5-11-16;1-18(15-10-3-2-4-11-15)17-13-7-9-14-8-5-6-12-16(14)17;2*1-14(12-8-4-2-5-9-12)13-10-6-3-7-11-13;2*1-2;/h4-21H,1-3H3;4-23H,1-3H3;2-15H,1H3;2-13H,1H3;2*2-11H,1H3;2*1-2H3;1H4. The van der Waals surface area contributed by atoms with Gasteiger partial charge in [0.25, 0.3) is 0 Å². The van der Waals surface area contributed by atoms with E-state index in [1.54, 1.807) is 0 Å². The summed E-state index contributed by atoms with van der Waals surface area (Å²) in [4.78, 5) is 13.4. The zero-order valence-electron chi connectivity index (χ0n) is 83.6. The Morgan fingerprint density at radius 2 is 0.423 bits per heavy atom. The molecule has 3 aliphatic rings. The summed E-state index contributed by atoms with van der Waals surface area (Å²) in [7, 11) is 12.7. The SMILES string of the molecule is C.CC.CC.CN(c1ccc2c(c1)-c1ccccc1Oc1ccccc1-2)c1ccc2c(c1)C(C)(C)c1ccccc1-2.CN(c1ccc2c(c1)C(C)(C)c1ccccc1-2)c1ccccc1-c1ccc(-c2ccccc2)cc1.CN(c1ccccc1)c1cccc2ccccc12.CN(c1ccccc1)c1ccccc1.CN(c1ccccc1)c1ccccc1.CN(c1ccccc1)c1ccccc1-c1ccccc1. The fourth-order valence-electron chi connectivity index (χ4n) is 19.1. The third-order valence-electron chi connectivity index (χ3n) is 26.8. The molecule has 0 saturated heterocycles. The van der Waals surface area contributed by atoms with E-state index in [2.05, 4.69) is 548 Å². The van der Waals surface area contributed by atoms with Crippen LogP contribution in [0.25, 0.3) is 88.7 Å². The second-order valence-electron chi connectivity index (χ2n) is 35.8. The first-order chi connectivity index (χ1) is 69.0. The molecular weight excluding hydrogens is 1720 g/mol. The summed E-state index contributed by atoms with van der Waals surface area (Å²) in [5, 5.41) is 2.56. The van der Waals surface area contributed by atoms with Gasteiger partial charge in [-0.2, -0.15) is 0 Å². The van der Waals surface area contributed by atoms with Gasteiger partial charge in [-0.1, -0.05) is 433 Å². The van der Waals surface area contributed by atoms with Gasteiger partial charge in [-0.05, 0) is 223 Å². The van der Waals surface area contributed by atoms with E-state index in [-0.39, 0.29) is 18.3 Å². The van der Waals surface area contributed by atoms with Crippen LogP contribution in [0.15, 0.2) is 510 Å². The smallest absolute Gasteiger partial charge is 0.135 e. The Balaban J connectivity index is 0.000000133. The summed E-state index contributed by atoms with van der Waals surface area (Å²) >= 11 is 0. The monoisotopic (exact) mass is 1850 g/mol. The van der Waals surface area contributed by atoms with Gasteiger partial charge in [-0.3, -0.25) is 0 Å². The van der Waals surface area contributed by atoms with Crippen LogP contribution in [0.5, 0.6) is 11.5 Å². The van der Waals surface area contributed by atoms with E-state index < -0.39 is 0 Å². The Hall–Kier alpha value is -16.7. The first-order valence-corrected chi connectivity index (χ1v) is 49.1. The second-order valence-corrected chi connectivity index (χ2v) is 35.8. The molecule has 142 heavy (non-hydrogen) atoms. The molecule has 0 saturated carbocycles. The van der Waals surface area contributed by atoms with Gasteiger partial charge in [0.15, 0.2) is 0 Å². The van der Waals surface area contributed by atoms with Gasteiger partial charge in [0.2, 0.25) is 0 Å². The molecular formula is C135H130N6O. The highest BCUT2D eigenvalue weighted by Gasteiger charge is 2.37. The highest BCUT2D eigenvalue weighted by molar-refractivity contribution is 5.97. The minimum Gasteiger partial charge on any atom is -0.456 e. The average molecular weight is 1850 g/mol. The predicted molar refractivity (Wildman–Crippen MR) is 615 cm³/mol. The maximum atomic E-state index is 6.36. The lowest BCUT2D eigenvalue weighted by Crippen LogP contribution is -2.16. The normalized spacial score (nSPS) is 11.6. The second kappa shape index (κ2) is 47.1. The van der Waals surface area contributed by atoms with Crippen molar-refractivity contribution >= 4 is 79.0 Å². The number of para-hydroxylation sites is 10. The van der Waals surface area contributed by atoms with E-state index in [0.29, 0.717) is 0 Å². The quantitative estimate of drug-likeness (QED) is 0.101. The predicted octanol–water partition coefficient (Wildman–Crippen LogP) is 37.6. The number of hydrogen-bond acceptors (Lipinski definition) is 7. The van der Waals surface area contributed by atoms with Crippen molar-refractivity contribution in [2.45, 2.75) is 73.6 Å². The van der Waals surface area contributed by atoms with Crippen molar-refractivity contribution in [3.05, 3.63) is 532 Å². The molecule has 1 heterocycles. The molecule has 0 unspecified atom stereocenters. The lowest BCUT2D eigenvalue weighted by atomic mass is 9.82. The summed E-state index contributed by atoms with van der Waals surface area (Å²) in [6.45, 7) is 17.3. The van der Waals surface area contributed by atoms with E-state index in [1.165, 1.54) is 162 Å². The van der Waals surface area contributed by atoms with Crippen LogP contribution < -0.4 is 34.1 Å². The van der Waals surface area contributed by atoms with E-state index in [0.717, 1.165) is 28.3 Å². The number of nitrogens with zero attached hydrogens (tertiary/aromatic N) is 6. The Labute approximate surface area is 844 Å². The van der Waals surface area contributed by atoms with E-state index in [1.807, 2.05) is 88.4 Å². The first-order valence-electron chi connectivity index (χ1n) is 49.1. The number of rotatable bonds is 15. The minimum absolute atomic E-state index is 0. The molecule has 0 atom stereocenters. The Bertz CT molecular complexity index is 7280. The van der Waals surface area contributed by atoms with Crippen LogP contribution >= 0.6 is 0 Å². The fourth-order valence-corrected chi connectivity index (χ4v) is 19.1. The van der Waals surface area contributed by atoms with Crippen molar-refractivity contribution in [2.24, 2.45) is 0 Å². The summed E-state index contributed by atoms with van der Waals surface area (Å²) in [5.41, 5.74) is 37.4. The molecule has 0 amide bonds. The van der Waals surface area contributed by atoms with Gasteiger partial charge in [0, 0.05) is 149 Å². The average Bonchev–Trinajstić information content (AvgIpc) is 1.58. The largest absolute Gasteiger partial charge is 0.456 e. The van der Waals surface area contributed by atoms with Gasteiger partial charge >= 0.3 is 0 Å². The Kier molecular flexibility index (Phi) is 33.1. The summed E-state index contributed by atoms with van der Waals surface area (Å²) < 4.78 is 6.36. The van der Waals surface area contributed by atoms with Crippen molar-refractivity contribution in [3.8, 4) is 89.4 Å². The van der Waals surface area contributed by atoms with Gasteiger partial charge < -0.3 is 34.1 Å². The number of fused-ring (bicyclic) bond motifs is 12. The van der Waals surface area contributed by atoms with E-state index in [9.17, 15) is 0 Å². The molecule has 2 aliphatic carbocycles. The highest BCUT2D eigenvalue weighted by Crippen LogP contribution is 2.54. The van der Waals surface area contributed by atoms with Gasteiger partial charge in [-0.15, -0.1) is 0 Å². The van der Waals surface area contributed by atoms with Crippen molar-refractivity contribution in [1.29, 1.82) is 0 Å². The molecule has 20 aromatic carbocycles. The number of benzene rings is 20. The maximum absolute atomic E-state index is 6.36. The molecule has 7 nitrogen and oxygen atoms in total. The van der Waals surface area contributed by atoms with Crippen LogP contribution in [0.1, 0.15) is 85.1 Å². The molecule has 0 bridgehead atoms. The number of anilines is 12. The third kappa shape index (κ3) is 22.3. The molecule has 0 aromatic heterocycles. The fraction of sp³-hybridized carbons (Fsp3) is 0.126. The van der Waals surface area contributed by atoms with Crippen LogP contribution in [0.3, 0.4) is 0 Å². The van der Waals surface area contributed by atoms with E-state index >= 15 is 0 Å². The lowest BCUT2D eigenvalue weighted by Gasteiger charge is -2.26. The molecule has 0 radical (unpaired) electrons. The zero-order chi connectivity index (χ0) is 98.2. The first kappa shape index (κ1) is 99.7. The van der Waals surface area contributed by atoms with Crippen molar-refractivity contribution in [2.75, 3.05) is 71.7 Å². The van der Waals surface area contributed by atoms with Crippen LogP contribution in [0.4, 0.5) is 68.2 Å². The molecule has 0 fully saturated rings. The molecule has 20 aromatic rings. The van der Waals surface area contributed by atoms with Crippen molar-refractivity contribution < 1.29 is 4.74 Å². The van der Waals surface area contributed by atoms with Gasteiger partial charge in [0.1, 0.15) is 11.5 Å². The van der Waals surface area contributed by atoms with Crippen LogP contribution in [0, 0.1) is 0 Å². The highest BCUT2D eigenvalue weighted by atomic mass is 16.5. The van der Waals surface area contributed by atoms with E-state index in [4.69, 9.17) is 4.74 Å². The Morgan fingerprint density at radius 3 is 0.845 bits per heavy atom. The van der Waals surface area contributed by atoms with Crippen LogP contribution in [-0.4, -0.2) is 42.3 Å². The zero-order valence-corrected chi connectivity index (χ0v) is 83.6. The van der Waals surface area contributed by atoms with Gasteiger partial charge in [0.05, 0.1) is 0 Å². The minimum atomic E-state index is -0.0173. The van der Waals surface area contributed by atoms with Crippen molar-refractivity contribution in [3.63, 3.8) is 0 Å². The van der Waals surface area contributed by atoms with Crippen LogP contribution in [0.2, 0.25) is 0 Å².